The van der Waals surface area contributed by atoms with Crippen LogP contribution in [0.4, 0.5) is 16.0 Å². The highest BCUT2D eigenvalue weighted by atomic mass is 32.1. The van der Waals surface area contributed by atoms with Crippen molar-refractivity contribution < 1.29 is 4.79 Å². The summed E-state index contributed by atoms with van der Waals surface area (Å²) in [6.07, 6.45) is 3.84. The smallest absolute Gasteiger partial charge is 0.268 e. The third-order valence-corrected chi connectivity index (χ3v) is 5.67. The molecule has 0 spiro atoms. The molecule has 0 saturated carbocycles. The average Bonchev–Trinajstić information content (AvgIpc) is 3.15. The fraction of sp³-hybridized carbons (Fsp3) is 0.400. The second-order valence-corrected chi connectivity index (χ2v) is 8.13. The van der Waals surface area contributed by atoms with Crippen molar-refractivity contribution in [2.45, 2.75) is 19.8 Å². The van der Waals surface area contributed by atoms with Gasteiger partial charge in [-0.25, -0.2) is 0 Å². The van der Waals surface area contributed by atoms with E-state index in [2.05, 4.69) is 27.3 Å². The van der Waals surface area contributed by atoms with Crippen LogP contribution in [0, 0.1) is 17.2 Å². The summed E-state index contributed by atoms with van der Waals surface area (Å²) < 4.78 is 0. The van der Waals surface area contributed by atoms with Crippen molar-refractivity contribution in [2.24, 2.45) is 5.92 Å². The molecule has 0 radical (unpaired) electrons. The fourth-order valence-corrected chi connectivity index (χ4v) is 3.73. The molecule has 1 aromatic heterocycles. The lowest BCUT2D eigenvalue weighted by Gasteiger charge is -2.29. The lowest BCUT2D eigenvalue weighted by Crippen LogP contribution is -2.32. The van der Waals surface area contributed by atoms with E-state index < -0.39 is 5.91 Å². The summed E-state index contributed by atoms with van der Waals surface area (Å²) in [5.41, 5.74) is 1.87. The van der Waals surface area contributed by atoms with Gasteiger partial charge in [-0.1, -0.05) is 30.4 Å². The molecule has 2 aromatic rings. The Morgan fingerprint density at radius 2 is 1.96 bits per heavy atom. The van der Waals surface area contributed by atoms with Crippen molar-refractivity contribution in [3.63, 3.8) is 0 Å². The number of carbonyl (C=O) groups is 1. The van der Waals surface area contributed by atoms with E-state index in [9.17, 15) is 10.1 Å². The number of anilines is 3. The third kappa shape index (κ3) is 4.87. The molecule has 1 saturated heterocycles. The van der Waals surface area contributed by atoms with Crippen molar-refractivity contribution >= 4 is 39.3 Å². The van der Waals surface area contributed by atoms with Crippen LogP contribution < -0.4 is 15.1 Å². The van der Waals surface area contributed by atoms with Gasteiger partial charge in [-0.3, -0.25) is 10.1 Å². The molecular weight excluding hydrogens is 372 g/mol. The molecule has 0 atom stereocenters. The molecule has 0 aliphatic carbocycles. The van der Waals surface area contributed by atoms with Crippen LogP contribution in [0.2, 0.25) is 0 Å². The molecule has 1 aliphatic rings. The van der Waals surface area contributed by atoms with Crippen LogP contribution in [0.3, 0.4) is 0 Å². The number of aromatic nitrogens is 2. The van der Waals surface area contributed by atoms with Crippen molar-refractivity contribution in [3.8, 4) is 6.07 Å². The first kappa shape index (κ1) is 19.8. The zero-order valence-electron chi connectivity index (χ0n) is 16.3. The van der Waals surface area contributed by atoms with E-state index in [0.29, 0.717) is 5.13 Å². The van der Waals surface area contributed by atoms with E-state index in [0.717, 1.165) is 48.2 Å². The van der Waals surface area contributed by atoms with E-state index in [1.165, 1.54) is 11.3 Å². The van der Waals surface area contributed by atoms with Crippen LogP contribution in [0.25, 0.3) is 6.08 Å². The Labute approximate surface area is 169 Å². The molecule has 146 valence electrons. The second-order valence-electron chi connectivity index (χ2n) is 7.17. The number of hydrogen-bond acceptors (Lipinski definition) is 7. The molecular formula is C20H24N6OS. The molecule has 1 aliphatic heterocycles. The van der Waals surface area contributed by atoms with Crippen LogP contribution in [-0.4, -0.2) is 43.3 Å². The van der Waals surface area contributed by atoms with Gasteiger partial charge in [0.05, 0.1) is 0 Å². The van der Waals surface area contributed by atoms with Gasteiger partial charge in [0.1, 0.15) is 11.6 Å². The normalized spacial score (nSPS) is 15.2. The van der Waals surface area contributed by atoms with E-state index in [1.807, 2.05) is 49.3 Å². The Balaban J connectivity index is 1.66. The van der Waals surface area contributed by atoms with Gasteiger partial charge in [0, 0.05) is 32.9 Å². The Kier molecular flexibility index (Phi) is 6.26. The maximum absolute atomic E-state index is 12.5. The monoisotopic (exact) mass is 396 g/mol. The lowest BCUT2D eigenvalue weighted by molar-refractivity contribution is -0.112. The van der Waals surface area contributed by atoms with Gasteiger partial charge in [0.25, 0.3) is 5.91 Å². The molecule has 0 bridgehead atoms. The summed E-state index contributed by atoms with van der Waals surface area (Å²) in [6, 6.07) is 9.60. The predicted molar refractivity (Wildman–Crippen MR) is 114 cm³/mol. The number of nitriles is 1. The Bertz CT molecular complexity index is 888. The van der Waals surface area contributed by atoms with Crippen LogP contribution >= 0.6 is 11.3 Å². The quantitative estimate of drug-likeness (QED) is 0.616. The summed E-state index contributed by atoms with van der Waals surface area (Å²) >= 11 is 1.34. The van der Waals surface area contributed by atoms with Crippen molar-refractivity contribution in [2.75, 3.05) is 42.3 Å². The number of amides is 1. The minimum atomic E-state index is -0.478. The standard InChI is InChI=1S/C20H24N6OS/c1-14-8-10-26(11-9-14)20-24-23-19(28-20)22-18(27)16(13-21)12-15-4-6-17(7-5-15)25(2)3/h4-7,12,14H,8-11H2,1-3H3,(H,22,23,27)/b16-12-. The van der Waals surface area contributed by atoms with Gasteiger partial charge in [-0.15, -0.1) is 10.2 Å². The largest absolute Gasteiger partial charge is 0.378 e. The van der Waals surface area contributed by atoms with Gasteiger partial charge in [0.15, 0.2) is 0 Å². The maximum Gasteiger partial charge on any atom is 0.268 e. The first-order valence-corrected chi connectivity index (χ1v) is 10.1. The van der Waals surface area contributed by atoms with Crippen LogP contribution in [0.5, 0.6) is 0 Å². The van der Waals surface area contributed by atoms with E-state index in [4.69, 9.17) is 0 Å². The minimum absolute atomic E-state index is 0.0288. The highest BCUT2D eigenvalue weighted by Crippen LogP contribution is 2.28. The number of rotatable bonds is 5. The van der Waals surface area contributed by atoms with Crippen molar-refractivity contribution in [1.82, 2.24) is 10.2 Å². The number of piperidine rings is 1. The minimum Gasteiger partial charge on any atom is -0.378 e. The van der Waals surface area contributed by atoms with E-state index in [-0.39, 0.29) is 5.57 Å². The Morgan fingerprint density at radius 1 is 1.29 bits per heavy atom. The maximum atomic E-state index is 12.5. The molecule has 1 amide bonds. The molecule has 28 heavy (non-hydrogen) atoms. The first-order chi connectivity index (χ1) is 13.5. The topological polar surface area (TPSA) is 85.1 Å². The molecule has 2 heterocycles. The summed E-state index contributed by atoms with van der Waals surface area (Å²) in [4.78, 5) is 16.6. The highest BCUT2D eigenvalue weighted by molar-refractivity contribution is 7.19. The van der Waals surface area contributed by atoms with Gasteiger partial charge in [-0.05, 0) is 42.5 Å². The number of hydrogen-bond donors (Lipinski definition) is 1. The second kappa shape index (κ2) is 8.85. The highest BCUT2D eigenvalue weighted by Gasteiger charge is 2.20. The van der Waals surface area contributed by atoms with Gasteiger partial charge in [0.2, 0.25) is 10.3 Å². The number of benzene rings is 1. The Hall–Kier alpha value is -2.92. The average molecular weight is 397 g/mol. The SMILES string of the molecule is CC1CCN(c2nnc(NC(=O)/C(C#N)=C\c3ccc(N(C)C)cc3)s2)CC1. The summed E-state index contributed by atoms with van der Waals surface area (Å²) in [5.74, 6) is 0.257. The molecule has 1 fully saturated rings. The van der Waals surface area contributed by atoms with Crippen LogP contribution in [-0.2, 0) is 4.79 Å². The number of nitrogens with zero attached hydrogens (tertiary/aromatic N) is 5. The van der Waals surface area contributed by atoms with Gasteiger partial charge in [-0.2, -0.15) is 5.26 Å². The molecule has 1 N–H and O–H groups in total. The van der Waals surface area contributed by atoms with Crippen molar-refractivity contribution in [1.29, 1.82) is 5.26 Å². The zero-order chi connectivity index (χ0) is 20.1. The predicted octanol–water partition coefficient (Wildman–Crippen LogP) is 3.39. The number of carbonyl (C=O) groups excluding carboxylic acids is 1. The van der Waals surface area contributed by atoms with E-state index in [1.54, 1.807) is 6.08 Å². The third-order valence-electron chi connectivity index (χ3n) is 4.77. The zero-order valence-corrected chi connectivity index (χ0v) is 17.2. The molecule has 8 heteroatoms. The van der Waals surface area contributed by atoms with Gasteiger partial charge < -0.3 is 9.80 Å². The van der Waals surface area contributed by atoms with E-state index >= 15 is 0 Å². The molecule has 7 nitrogen and oxygen atoms in total. The molecule has 3 rings (SSSR count). The number of nitrogens with one attached hydrogen (secondary N) is 1. The summed E-state index contributed by atoms with van der Waals surface area (Å²) in [6.45, 7) is 4.17. The van der Waals surface area contributed by atoms with Crippen LogP contribution in [0.1, 0.15) is 25.3 Å². The summed E-state index contributed by atoms with van der Waals surface area (Å²) in [7, 11) is 3.92. The fourth-order valence-electron chi connectivity index (χ4n) is 2.94. The Morgan fingerprint density at radius 3 is 2.57 bits per heavy atom. The van der Waals surface area contributed by atoms with Crippen LogP contribution in [0.15, 0.2) is 29.8 Å². The van der Waals surface area contributed by atoms with Gasteiger partial charge >= 0.3 is 0 Å². The first-order valence-electron chi connectivity index (χ1n) is 9.25. The van der Waals surface area contributed by atoms with Crippen molar-refractivity contribution in [3.05, 3.63) is 35.4 Å². The summed E-state index contributed by atoms with van der Waals surface area (Å²) in [5, 5.41) is 21.5. The lowest BCUT2D eigenvalue weighted by atomic mass is 10.00. The molecule has 0 unspecified atom stereocenters. The molecule has 1 aromatic carbocycles.